The van der Waals surface area contributed by atoms with Crippen LogP contribution in [0.1, 0.15) is 23.5 Å². The molecule has 0 heterocycles. The summed E-state index contributed by atoms with van der Waals surface area (Å²) in [5.74, 6) is -0.262. The van der Waals surface area contributed by atoms with Crippen molar-refractivity contribution in [1.29, 1.82) is 0 Å². The van der Waals surface area contributed by atoms with Crippen molar-refractivity contribution in [3.63, 3.8) is 0 Å². The first-order chi connectivity index (χ1) is 11.8. The Kier molecular flexibility index (Phi) is 5.24. The Hall–Kier alpha value is -2.65. The number of rotatable bonds is 6. The van der Waals surface area contributed by atoms with Gasteiger partial charge in [-0.05, 0) is 28.4 Å². The lowest BCUT2D eigenvalue weighted by molar-refractivity contribution is -0.145. The van der Waals surface area contributed by atoms with Crippen molar-refractivity contribution < 1.29 is 9.53 Å². The summed E-state index contributed by atoms with van der Waals surface area (Å²) in [5.41, 5.74) is 8.03. The van der Waals surface area contributed by atoms with Gasteiger partial charge in [0.2, 0.25) is 0 Å². The zero-order valence-corrected chi connectivity index (χ0v) is 13.5. The number of hydrogen-bond donors (Lipinski definition) is 1. The maximum atomic E-state index is 12.2. The molecule has 1 atom stereocenters. The van der Waals surface area contributed by atoms with E-state index in [9.17, 15) is 4.79 Å². The minimum Gasteiger partial charge on any atom is -0.461 e. The van der Waals surface area contributed by atoms with Gasteiger partial charge in [-0.25, -0.2) is 0 Å². The summed E-state index contributed by atoms with van der Waals surface area (Å²) in [4.78, 5) is 12.2. The van der Waals surface area contributed by atoms with Crippen molar-refractivity contribution in [2.75, 3.05) is 6.54 Å². The second-order valence-corrected chi connectivity index (χ2v) is 5.85. The monoisotopic (exact) mass is 319 g/mol. The van der Waals surface area contributed by atoms with Crippen molar-refractivity contribution in [3.05, 3.63) is 83.9 Å². The van der Waals surface area contributed by atoms with E-state index in [1.165, 1.54) is 0 Å². The minimum atomic E-state index is -0.220. The maximum Gasteiger partial charge on any atom is 0.306 e. The maximum absolute atomic E-state index is 12.2. The summed E-state index contributed by atoms with van der Waals surface area (Å²) in [5, 5.41) is 2.30. The van der Waals surface area contributed by atoms with E-state index < -0.39 is 0 Å². The molecule has 1 unspecified atom stereocenters. The Bertz CT molecular complexity index is 809. The van der Waals surface area contributed by atoms with E-state index in [2.05, 4.69) is 18.2 Å². The third-order valence-corrected chi connectivity index (χ3v) is 4.20. The molecule has 2 N–H and O–H groups in total. The molecule has 0 amide bonds. The van der Waals surface area contributed by atoms with Gasteiger partial charge in [0.1, 0.15) is 6.61 Å². The van der Waals surface area contributed by atoms with Gasteiger partial charge in [-0.3, -0.25) is 4.79 Å². The lowest BCUT2D eigenvalue weighted by Crippen LogP contribution is -2.18. The van der Waals surface area contributed by atoms with Crippen LogP contribution in [0, 0.1) is 0 Å². The molecule has 3 rings (SSSR count). The zero-order valence-electron chi connectivity index (χ0n) is 13.5. The van der Waals surface area contributed by atoms with Crippen LogP contribution < -0.4 is 5.73 Å². The molecule has 0 bridgehead atoms. The van der Waals surface area contributed by atoms with Crippen molar-refractivity contribution in [3.8, 4) is 0 Å². The molecule has 0 radical (unpaired) electrons. The average Bonchev–Trinajstić information content (AvgIpc) is 2.65. The van der Waals surface area contributed by atoms with Gasteiger partial charge in [-0.15, -0.1) is 0 Å². The lowest BCUT2D eigenvalue weighted by Gasteiger charge is -2.17. The molecule has 3 aromatic carbocycles. The van der Waals surface area contributed by atoms with Gasteiger partial charge in [-0.1, -0.05) is 72.8 Å². The summed E-state index contributed by atoms with van der Waals surface area (Å²) >= 11 is 0. The zero-order chi connectivity index (χ0) is 16.8. The Labute approximate surface area is 142 Å². The molecule has 3 nitrogen and oxygen atoms in total. The van der Waals surface area contributed by atoms with E-state index in [-0.39, 0.29) is 18.3 Å². The number of ether oxygens (including phenoxy) is 1. The highest BCUT2D eigenvalue weighted by Gasteiger charge is 2.17. The largest absolute Gasteiger partial charge is 0.461 e. The second-order valence-electron chi connectivity index (χ2n) is 5.85. The summed E-state index contributed by atoms with van der Waals surface area (Å²) in [6.07, 6.45) is 0.289. The van der Waals surface area contributed by atoms with Crippen molar-refractivity contribution in [1.82, 2.24) is 0 Å². The number of benzene rings is 3. The first-order valence-corrected chi connectivity index (χ1v) is 8.15. The summed E-state index contributed by atoms with van der Waals surface area (Å²) < 4.78 is 5.40. The van der Waals surface area contributed by atoms with Gasteiger partial charge in [0.25, 0.3) is 0 Å². The Balaban J connectivity index is 1.71. The fourth-order valence-corrected chi connectivity index (χ4v) is 2.92. The number of carbonyl (C=O) groups is 1. The van der Waals surface area contributed by atoms with E-state index in [1.54, 1.807) is 0 Å². The summed E-state index contributed by atoms with van der Waals surface area (Å²) in [6, 6.07) is 24.0. The molecule has 3 heteroatoms. The highest BCUT2D eigenvalue weighted by Crippen LogP contribution is 2.27. The number of fused-ring (bicyclic) bond motifs is 1. The molecule has 0 fully saturated rings. The minimum absolute atomic E-state index is 0.0422. The van der Waals surface area contributed by atoms with Crippen LogP contribution in [0.2, 0.25) is 0 Å². The van der Waals surface area contributed by atoms with Gasteiger partial charge in [0, 0.05) is 5.92 Å². The molecule has 0 spiro atoms. The molecular formula is C21H21NO2. The van der Waals surface area contributed by atoms with Gasteiger partial charge in [0.05, 0.1) is 6.42 Å². The lowest BCUT2D eigenvalue weighted by atomic mass is 9.91. The highest BCUT2D eigenvalue weighted by atomic mass is 16.5. The van der Waals surface area contributed by atoms with Crippen LogP contribution in [0.4, 0.5) is 0 Å². The van der Waals surface area contributed by atoms with Crippen molar-refractivity contribution >= 4 is 16.7 Å². The van der Waals surface area contributed by atoms with E-state index >= 15 is 0 Å². The molecule has 0 saturated heterocycles. The Morgan fingerprint density at radius 2 is 1.62 bits per heavy atom. The van der Waals surface area contributed by atoms with E-state index in [4.69, 9.17) is 10.5 Å². The highest BCUT2D eigenvalue weighted by molar-refractivity contribution is 5.86. The number of nitrogens with two attached hydrogens (primary N) is 1. The van der Waals surface area contributed by atoms with Crippen LogP contribution in [0.25, 0.3) is 10.8 Å². The van der Waals surface area contributed by atoms with E-state index in [1.807, 2.05) is 54.6 Å². The van der Waals surface area contributed by atoms with Crippen LogP contribution in [0.3, 0.4) is 0 Å². The fourth-order valence-electron chi connectivity index (χ4n) is 2.92. The van der Waals surface area contributed by atoms with Crippen LogP contribution in [0.5, 0.6) is 0 Å². The molecule has 0 saturated carbocycles. The Morgan fingerprint density at radius 3 is 2.42 bits per heavy atom. The molecule has 0 aliphatic rings. The molecule has 0 aliphatic carbocycles. The predicted molar refractivity (Wildman–Crippen MR) is 96.6 cm³/mol. The topological polar surface area (TPSA) is 52.3 Å². The van der Waals surface area contributed by atoms with Gasteiger partial charge < -0.3 is 10.5 Å². The quantitative estimate of drug-likeness (QED) is 0.698. The number of carbonyl (C=O) groups excluding carboxylic acids is 1. The Morgan fingerprint density at radius 1 is 0.917 bits per heavy atom. The first kappa shape index (κ1) is 16.2. The van der Waals surface area contributed by atoms with E-state index in [0.717, 1.165) is 21.9 Å². The molecule has 3 aromatic rings. The van der Waals surface area contributed by atoms with Crippen LogP contribution in [-0.4, -0.2) is 12.5 Å². The SMILES string of the molecule is NCC(CC(=O)OCc1ccccc1)c1cccc2ccccc12. The predicted octanol–water partition coefficient (Wildman–Crippen LogP) is 4.02. The third kappa shape index (κ3) is 3.81. The summed E-state index contributed by atoms with van der Waals surface area (Å²) in [6.45, 7) is 0.709. The molecule has 24 heavy (non-hydrogen) atoms. The normalized spacial score (nSPS) is 12.0. The molecule has 0 aliphatic heterocycles. The van der Waals surface area contributed by atoms with Crippen LogP contribution in [-0.2, 0) is 16.1 Å². The standard InChI is InChI=1S/C21H21NO2/c22-14-18(13-21(23)24-15-16-7-2-1-3-8-16)20-12-6-10-17-9-4-5-11-19(17)20/h1-12,18H,13-15,22H2. The van der Waals surface area contributed by atoms with Crippen molar-refractivity contribution in [2.24, 2.45) is 5.73 Å². The molecular weight excluding hydrogens is 298 g/mol. The second kappa shape index (κ2) is 7.75. The molecule has 122 valence electrons. The number of hydrogen-bond acceptors (Lipinski definition) is 3. The number of esters is 1. The van der Waals surface area contributed by atoms with Crippen LogP contribution in [0.15, 0.2) is 72.8 Å². The smallest absolute Gasteiger partial charge is 0.306 e. The third-order valence-electron chi connectivity index (χ3n) is 4.20. The first-order valence-electron chi connectivity index (χ1n) is 8.15. The van der Waals surface area contributed by atoms with Gasteiger partial charge in [0.15, 0.2) is 0 Å². The van der Waals surface area contributed by atoms with Crippen LogP contribution >= 0.6 is 0 Å². The summed E-state index contributed by atoms with van der Waals surface area (Å²) in [7, 11) is 0. The van der Waals surface area contributed by atoms with Crippen molar-refractivity contribution in [2.45, 2.75) is 18.9 Å². The van der Waals surface area contributed by atoms with E-state index in [0.29, 0.717) is 13.2 Å². The van der Waals surface area contributed by atoms with Gasteiger partial charge >= 0.3 is 5.97 Å². The average molecular weight is 319 g/mol. The molecule has 0 aromatic heterocycles. The van der Waals surface area contributed by atoms with Gasteiger partial charge in [-0.2, -0.15) is 0 Å². The fraction of sp³-hybridized carbons (Fsp3) is 0.190.